The maximum atomic E-state index is 12.2. The molecule has 6 nitrogen and oxygen atoms in total. The summed E-state index contributed by atoms with van der Waals surface area (Å²) in [5.41, 5.74) is 0.842. The van der Waals surface area contributed by atoms with Crippen molar-refractivity contribution in [3.8, 4) is 0 Å². The zero-order valence-corrected chi connectivity index (χ0v) is 10.6. The number of hydrogen-bond acceptors (Lipinski definition) is 4. The van der Waals surface area contributed by atoms with Gasteiger partial charge in [0.15, 0.2) is 0 Å². The minimum atomic E-state index is -0.878. The van der Waals surface area contributed by atoms with Crippen LogP contribution in [0.4, 0.5) is 0 Å². The predicted octanol–water partition coefficient (Wildman–Crippen LogP) is 0.247. The van der Waals surface area contributed by atoms with Gasteiger partial charge in [-0.3, -0.25) is 14.6 Å². The average Bonchev–Trinajstić information content (AvgIpc) is 2.41. The second-order valence-corrected chi connectivity index (χ2v) is 4.52. The highest BCUT2D eigenvalue weighted by molar-refractivity contribution is 5.83. The first-order valence-electron chi connectivity index (χ1n) is 6.30. The number of rotatable bonds is 5. The average molecular weight is 263 g/mol. The highest BCUT2D eigenvalue weighted by Gasteiger charge is 2.28. The first kappa shape index (κ1) is 13.5. The van der Waals surface area contributed by atoms with Gasteiger partial charge in [0.1, 0.15) is 0 Å². The van der Waals surface area contributed by atoms with Gasteiger partial charge in [-0.25, -0.2) is 0 Å². The van der Waals surface area contributed by atoms with E-state index >= 15 is 0 Å². The maximum Gasteiger partial charge on any atom is 0.303 e. The minimum absolute atomic E-state index is 0.000827. The van der Waals surface area contributed by atoms with Gasteiger partial charge in [-0.2, -0.15) is 0 Å². The molecular formula is C13H17N3O3. The van der Waals surface area contributed by atoms with Crippen LogP contribution in [0.5, 0.6) is 0 Å². The standard InChI is InChI=1S/C13H17N3O3/c17-12(18)5-4-11-13(19)16(8-7-15-11)9-10-3-1-2-6-14-10/h1-3,6,11,15H,4-5,7-9H2,(H,17,18). The number of carboxylic acid groups (broad SMARTS) is 1. The summed E-state index contributed by atoms with van der Waals surface area (Å²) >= 11 is 0. The summed E-state index contributed by atoms with van der Waals surface area (Å²) in [5, 5.41) is 11.7. The predicted molar refractivity (Wildman–Crippen MR) is 68.3 cm³/mol. The smallest absolute Gasteiger partial charge is 0.303 e. The topological polar surface area (TPSA) is 82.5 Å². The molecule has 0 spiro atoms. The van der Waals surface area contributed by atoms with Crippen LogP contribution < -0.4 is 5.32 Å². The Labute approximate surface area is 111 Å². The number of carboxylic acids is 1. The number of nitrogens with one attached hydrogen (secondary N) is 1. The molecule has 0 saturated carbocycles. The van der Waals surface area contributed by atoms with Gasteiger partial charge in [-0.05, 0) is 18.6 Å². The number of hydrogen-bond donors (Lipinski definition) is 2. The lowest BCUT2D eigenvalue weighted by molar-refractivity contribution is -0.139. The van der Waals surface area contributed by atoms with Gasteiger partial charge >= 0.3 is 5.97 Å². The summed E-state index contributed by atoms with van der Waals surface area (Å²) in [6, 6.07) is 5.20. The van der Waals surface area contributed by atoms with Gasteiger partial charge in [0, 0.05) is 25.7 Å². The number of pyridine rings is 1. The van der Waals surface area contributed by atoms with Crippen LogP contribution in [0.3, 0.4) is 0 Å². The van der Waals surface area contributed by atoms with Crippen molar-refractivity contribution in [1.29, 1.82) is 0 Å². The van der Waals surface area contributed by atoms with E-state index in [0.29, 0.717) is 26.1 Å². The fourth-order valence-electron chi connectivity index (χ4n) is 2.13. The first-order valence-corrected chi connectivity index (χ1v) is 6.30. The molecule has 2 heterocycles. The van der Waals surface area contributed by atoms with E-state index in [0.717, 1.165) is 5.69 Å². The molecule has 1 unspecified atom stereocenters. The van der Waals surface area contributed by atoms with E-state index in [1.54, 1.807) is 11.1 Å². The number of piperazine rings is 1. The van der Waals surface area contributed by atoms with E-state index in [1.807, 2.05) is 18.2 Å². The fourth-order valence-corrected chi connectivity index (χ4v) is 2.13. The lowest BCUT2D eigenvalue weighted by atomic mass is 10.1. The van der Waals surface area contributed by atoms with Crippen LogP contribution in [0.25, 0.3) is 0 Å². The Morgan fingerprint density at radius 1 is 1.53 bits per heavy atom. The number of nitrogens with zero attached hydrogens (tertiary/aromatic N) is 2. The van der Waals surface area contributed by atoms with E-state index in [4.69, 9.17) is 5.11 Å². The molecule has 1 atom stereocenters. The largest absolute Gasteiger partial charge is 0.481 e. The molecule has 2 N–H and O–H groups in total. The molecule has 1 aromatic heterocycles. The number of amides is 1. The molecule has 2 rings (SSSR count). The van der Waals surface area contributed by atoms with Gasteiger partial charge < -0.3 is 15.3 Å². The molecule has 1 aliphatic rings. The summed E-state index contributed by atoms with van der Waals surface area (Å²) in [7, 11) is 0. The van der Waals surface area contributed by atoms with Crippen molar-refractivity contribution in [2.24, 2.45) is 0 Å². The monoisotopic (exact) mass is 263 g/mol. The van der Waals surface area contributed by atoms with Crippen molar-refractivity contribution in [2.45, 2.75) is 25.4 Å². The van der Waals surface area contributed by atoms with Crippen LogP contribution in [-0.2, 0) is 16.1 Å². The molecule has 6 heteroatoms. The fraction of sp³-hybridized carbons (Fsp3) is 0.462. The van der Waals surface area contributed by atoms with Crippen molar-refractivity contribution in [2.75, 3.05) is 13.1 Å². The van der Waals surface area contributed by atoms with E-state index < -0.39 is 12.0 Å². The molecule has 1 aliphatic heterocycles. The summed E-state index contributed by atoms with van der Waals surface area (Å²) in [4.78, 5) is 28.7. The van der Waals surface area contributed by atoms with Crippen molar-refractivity contribution < 1.29 is 14.7 Å². The SMILES string of the molecule is O=C(O)CCC1NCCN(Cc2ccccn2)C1=O. The third-order valence-corrected chi connectivity index (χ3v) is 3.11. The summed E-state index contributed by atoms with van der Waals surface area (Å²) < 4.78 is 0. The zero-order valence-electron chi connectivity index (χ0n) is 10.6. The summed E-state index contributed by atoms with van der Waals surface area (Å²) in [5.74, 6) is -0.922. The van der Waals surface area contributed by atoms with Crippen molar-refractivity contribution >= 4 is 11.9 Å². The molecular weight excluding hydrogens is 246 g/mol. The normalized spacial score (nSPS) is 19.5. The van der Waals surface area contributed by atoms with E-state index in [9.17, 15) is 9.59 Å². The van der Waals surface area contributed by atoms with Crippen LogP contribution in [0, 0.1) is 0 Å². The van der Waals surface area contributed by atoms with Crippen LogP contribution >= 0.6 is 0 Å². The molecule has 0 bridgehead atoms. The second-order valence-electron chi connectivity index (χ2n) is 4.52. The Balaban J connectivity index is 1.94. The minimum Gasteiger partial charge on any atom is -0.481 e. The van der Waals surface area contributed by atoms with Crippen LogP contribution in [0.1, 0.15) is 18.5 Å². The first-order chi connectivity index (χ1) is 9.16. The quantitative estimate of drug-likeness (QED) is 0.795. The highest BCUT2D eigenvalue weighted by atomic mass is 16.4. The van der Waals surface area contributed by atoms with Gasteiger partial charge in [-0.1, -0.05) is 6.07 Å². The molecule has 19 heavy (non-hydrogen) atoms. The van der Waals surface area contributed by atoms with Gasteiger partial charge in [0.25, 0.3) is 0 Å². The Morgan fingerprint density at radius 3 is 3.05 bits per heavy atom. The molecule has 1 amide bonds. The van der Waals surface area contributed by atoms with Crippen LogP contribution in [0.15, 0.2) is 24.4 Å². The Bertz CT molecular complexity index is 450. The Hall–Kier alpha value is -1.95. The molecule has 0 radical (unpaired) electrons. The number of aliphatic carboxylic acids is 1. The third kappa shape index (κ3) is 3.75. The lowest BCUT2D eigenvalue weighted by Gasteiger charge is -2.32. The molecule has 1 aromatic rings. The number of carbonyl (C=O) groups excluding carboxylic acids is 1. The highest BCUT2D eigenvalue weighted by Crippen LogP contribution is 2.10. The van der Waals surface area contributed by atoms with E-state index in [-0.39, 0.29) is 12.3 Å². The van der Waals surface area contributed by atoms with Crippen LogP contribution in [-0.4, -0.2) is 46.0 Å². The van der Waals surface area contributed by atoms with Crippen molar-refractivity contribution in [3.05, 3.63) is 30.1 Å². The molecule has 102 valence electrons. The molecule has 1 saturated heterocycles. The second kappa shape index (κ2) is 6.29. The number of carbonyl (C=O) groups is 2. The third-order valence-electron chi connectivity index (χ3n) is 3.11. The van der Waals surface area contributed by atoms with E-state index in [2.05, 4.69) is 10.3 Å². The summed E-state index contributed by atoms with van der Waals surface area (Å²) in [6.07, 6.45) is 2.03. The Morgan fingerprint density at radius 2 is 2.37 bits per heavy atom. The molecule has 0 aromatic carbocycles. The lowest BCUT2D eigenvalue weighted by Crippen LogP contribution is -2.54. The Kier molecular flexibility index (Phi) is 4.46. The number of aromatic nitrogens is 1. The van der Waals surface area contributed by atoms with Crippen LogP contribution in [0.2, 0.25) is 0 Å². The maximum absolute atomic E-state index is 12.2. The van der Waals surface area contributed by atoms with Crippen molar-refractivity contribution in [3.63, 3.8) is 0 Å². The van der Waals surface area contributed by atoms with Gasteiger partial charge in [-0.15, -0.1) is 0 Å². The molecule has 1 fully saturated rings. The van der Waals surface area contributed by atoms with Gasteiger partial charge in [0.05, 0.1) is 18.3 Å². The zero-order chi connectivity index (χ0) is 13.7. The van der Waals surface area contributed by atoms with Gasteiger partial charge in [0.2, 0.25) is 5.91 Å². The molecule has 0 aliphatic carbocycles. The summed E-state index contributed by atoms with van der Waals surface area (Å²) in [6.45, 7) is 1.78. The van der Waals surface area contributed by atoms with E-state index in [1.165, 1.54) is 0 Å². The van der Waals surface area contributed by atoms with Crippen molar-refractivity contribution in [1.82, 2.24) is 15.2 Å².